The lowest BCUT2D eigenvalue weighted by Gasteiger charge is -2.28. The van der Waals surface area contributed by atoms with E-state index in [-0.39, 0.29) is 30.1 Å². The molecular weight excluding hydrogens is 395 g/mol. The van der Waals surface area contributed by atoms with Crippen molar-refractivity contribution in [2.45, 2.75) is 66.0 Å². The summed E-state index contributed by atoms with van der Waals surface area (Å²) in [5, 5.41) is 0. The Bertz CT molecular complexity index is 788. The minimum Gasteiger partial charge on any atom is -0.467 e. The first-order chi connectivity index (χ1) is 14.9. The third-order valence-electron chi connectivity index (χ3n) is 5.07. The second kappa shape index (κ2) is 12.9. The summed E-state index contributed by atoms with van der Waals surface area (Å²) in [4.78, 5) is 29.4. The van der Waals surface area contributed by atoms with Gasteiger partial charge in [-0.25, -0.2) is 4.39 Å². The zero-order valence-electron chi connectivity index (χ0n) is 19.0. The van der Waals surface area contributed by atoms with Crippen molar-refractivity contribution in [2.24, 2.45) is 5.92 Å². The molecule has 0 saturated heterocycles. The zero-order valence-corrected chi connectivity index (χ0v) is 19.0. The molecule has 0 atom stereocenters. The monoisotopic (exact) mass is 430 g/mol. The molecule has 170 valence electrons. The molecule has 0 aliphatic rings. The Kier molecular flexibility index (Phi) is 10.3. The first-order valence-corrected chi connectivity index (χ1v) is 11.2. The minimum absolute atomic E-state index is 0.0258. The van der Waals surface area contributed by atoms with Crippen molar-refractivity contribution >= 4 is 11.8 Å². The minimum atomic E-state index is -0.315. The number of nitrogens with zero attached hydrogens (tertiary/aromatic N) is 2. The molecule has 2 rings (SSSR count). The van der Waals surface area contributed by atoms with Gasteiger partial charge in [0.05, 0.1) is 19.4 Å². The summed E-state index contributed by atoms with van der Waals surface area (Å²) in [6, 6.07) is 9.70. The van der Waals surface area contributed by atoms with Gasteiger partial charge in [0, 0.05) is 19.5 Å². The molecule has 2 aromatic rings. The normalized spacial score (nSPS) is 11.0. The van der Waals surface area contributed by atoms with E-state index in [4.69, 9.17) is 4.42 Å². The van der Waals surface area contributed by atoms with Crippen LogP contribution in [0.4, 0.5) is 4.39 Å². The topological polar surface area (TPSA) is 53.8 Å². The molecule has 0 saturated carbocycles. The molecule has 0 N–H and O–H groups in total. The summed E-state index contributed by atoms with van der Waals surface area (Å²) < 4.78 is 18.7. The molecule has 0 radical (unpaired) electrons. The summed E-state index contributed by atoms with van der Waals surface area (Å²) in [6.07, 6.45) is 6.15. The Morgan fingerprint density at radius 1 is 0.968 bits per heavy atom. The van der Waals surface area contributed by atoms with Gasteiger partial charge in [0.1, 0.15) is 11.6 Å². The smallest absolute Gasteiger partial charge is 0.242 e. The summed E-state index contributed by atoms with van der Waals surface area (Å²) in [5.41, 5.74) is 0.822. The van der Waals surface area contributed by atoms with Gasteiger partial charge >= 0.3 is 0 Å². The maximum Gasteiger partial charge on any atom is 0.242 e. The Hall–Kier alpha value is -2.63. The molecule has 0 aliphatic heterocycles. The predicted octanol–water partition coefficient (Wildman–Crippen LogP) is 5.40. The summed E-state index contributed by atoms with van der Waals surface area (Å²) >= 11 is 0. The number of unbranched alkanes of at least 4 members (excludes halogenated alkanes) is 3. The van der Waals surface area contributed by atoms with Crippen LogP contribution in [0.25, 0.3) is 0 Å². The first kappa shape index (κ1) is 24.6. The fourth-order valence-corrected chi connectivity index (χ4v) is 3.45. The molecule has 31 heavy (non-hydrogen) atoms. The van der Waals surface area contributed by atoms with Gasteiger partial charge in [-0.2, -0.15) is 0 Å². The maximum atomic E-state index is 13.3. The molecule has 1 aromatic carbocycles. The largest absolute Gasteiger partial charge is 0.467 e. The highest BCUT2D eigenvalue weighted by Gasteiger charge is 2.23. The van der Waals surface area contributed by atoms with Crippen LogP contribution >= 0.6 is 0 Å². The van der Waals surface area contributed by atoms with Crippen LogP contribution in [0.3, 0.4) is 0 Å². The molecule has 0 unspecified atom stereocenters. The summed E-state index contributed by atoms with van der Waals surface area (Å²) in [5.74, 6) is 0.491. The van der Waals surface area contributed by atoms with Crippen molar-refractivity contribution in [1.29, 1.82) is 0 Å². The fourth-order valence-electron chi connectivity index (χ4n) is 3.45. The molecule has 0 aliphatic carbocycles. The van der Waals surface area contributed by atoms with E-state index in [2.05, 4.69) is 6.92 Å². The molecule has 0 spiro atoms. The van der Waals surface area contributed by atoms with Crippen LogP contribution in [-0.2, 0) is 22.7 Å². The Labute approximate surface area is 185 Å². The van der Waals surface area contributed by atoms with E-state index in [0.29, 0.717) is 31.8 Å². The quantitative estimate of drug-likeness (QED) is 0.400. The van der Waals surface area contributed by atoms with Gasteiger partial charge in [-0.05, 0) is 42.2 Å². The number of rotatable bonds is 13. The van der Waals surface area contributed by atoms with Crippen LogP contribution in [0.5, 0.6) is 0 Å². The molecule has 1 heterocycles. The van der Waals surface area contributed by atoms with Crippen LogP contribution < -0.4 is 0 Å². The van der Waals surface area contributed by atoms with Crippen molar-refractivity contribution in [3.05, 3.63) is 59.8 Å². The summed E-state index contributed by atoms with van der Waals surface area (Å²) in [7, 11) is 0. The van der Waals surface area contributed by atoms with Crippen molar-refractivity contribution in [2.75, 3.05) is 13.1 Å². The number of amides is 2. The van der Waals surface area contributed by atoms with Gasteiger partial charge in [-0.3, -0.25) is 9.59 Å². The molecule has 6 heteroatoms. The highest BCUT2D eigenvalue weighted by molar-refractivity contribution is 5.84. The Morgan fingerprint density at radius 3 is 2.32 bits per heavy atom. The van der Waals surface area contributed by atoms with Crippen molar-refractivity contribution in [3.63, 3.8) is 0 Å². The second-order valence-electron chi connectivity index (χ2n) is 8.43. The van der Waals surface area contributed by atoms with Gasteiger partial charge in [0.2, 0.25) is 11.8 Å². The number of carbonyl (C=O) groups is 2. The standard InChI is InChI=1S/C25H35FN2O3/c1-4-5-6-7-10-24(29)27(16-20(2)3)19-25(30)28(18-23-9-8-15-31-23)17-21-11-13-22(26)14-12-21/h8-9,11-15,20H,4-7,10,16-19H2,1-3H3. The fraction of sp³-hybridized carbons (Fsp3) is 0.520. The molecule has 0 fully saturated rings. The number of hydrogen-bond donors (Lipinski definition) is 0. The van der Waals surface area contributed by atoms with Crippen LogP contribution in [0, 0.1) is 11.7 Å². The lowest BCUT2D eigenvalue weighted by Crippen LogP contribution is -2.43. The van der Waals surface area contributed by atoms with E-state index in [1.54, 1.807) is 34.3 Å². The van der Waals surface area contributed by atoms with Crippen LogP contribution in [0.2, 0.25) is 0 Å². The average molecular weight is 431 g/mol. The van der Waals surface area contributed by atoms with Crippen molar-refractivity contribution in [1.82, 2.24) is 9.80 Å². The SMILES string of the molecule is CCCCCCC(=O)N(CC(=O)N(Cc1ccc(F)cc1)Cc1ccco1)CC(C)C. The number of carbonyl (C=O) groups excluding carboxylic acids is 2. The molecular formula is C25H35FN2O3. The third-order valence-corrected chi connectivity index (χ3v) is 5.07. The maximum absolute atomic E-state index is 13.3. The van der Waals surface area contributed by atoms with Crippen LogP contribution in [0.15, 0.2) is 47.1 Å². The molecule has 0 bridgehead atoms. The number of furan rings is 1. The third kappa shape index (κ3) is 8.95. The average Bonchev–Trinajstić information content (AvgIpc) is 3.24. The number of halogens is 1. The number of hydrogen-bond acceptors (Lipinski definition) is 3. The van der Waals surface area contributed by atoms with Crippen LogP contribution in [0.1, 0.15) is 64.2 Å². The van der Waals surface area contributed by atoms with E-state index >= 15 is 0 Å². The van der Waals surface area contributed by atoms with E-state index in [1.165, 1.54) is 12.1 Å². The predicted molar refractivity (Wildman–Crippen MR) is 120 cm³/mol. The highest BCUT2D eigenvalue weighted by Crippen LogP contribution is 2.14. The van der Waals surface area contributed by atoms with Gasteiger partial charge in [-0.15, -0.1) is 0 Å². The van der Waals surface area contributed by atoms with Crippen LogP contribution in [-0.4, -0.2) is 34.7 Å². The lowest BCUT2D eigenvalue weighted by atomic mass is 10.1. The molecule has 1 aromatic heterocycles. The van der Waals surface area contributed by atoms with Gasteiger partial charge < -0.3 is 14.2 Å². The van der Waals surface area contributed by atoms with Crippen molar-refractivity contribution in [3.8, 4) is 0 Å². The second-order valence-corrected chi connectivity index (χ2v) is 8.43. The Morgan fingerprint density at radius 2 is 1.71 bits per heavy atom. The number of benzene rings is 1. The van der Waals surface area contributed by atoms with E-state index in [0.717, 1.165) is 31.2 Å². The molecule has 5 nitrogen and oxygen atoms in total. The highest BCUT2D eigenvalue weighted by atomic mass is 19.1. The van der Waals surface area contributed by atoms with Gasteiger partial charge in [-0.1, -0.05) is 52.2 Å². The lowest BCUT2D eigenvalue weighted by molar-refractivity contribution is -0.141. The van der Waals surface area contributed by atoms with Gasteiger partial charge in [0.15, 0.2) is 0 Å². The Balaban J connectivity index is 2.09. The van der Waals surface area contributed by atoms with E-state index in [9.17, 15) is 14.0 Å². The van der Waals surface area contributed by atoms with Crippen molar-refractivity contribution < 1.29 is 18.4 Å². The summed E-state index contributed by atoms with van der Waals surface area (Å²) in [6.45, 7) is 7.42. The molecule has 2 amide bonds. The van der Waals surface area contributed by atoms with Gasteiger partial charge in [0.25, 0.3) is 0 Å². The zero-order chi connectivity index (χ0) is 22.6. The van der Waals surface area contributed by atoms with E-state index in [1.807, 2.05) is 19.9 Å². The van der Waals surface area contributed by atoms with E-state index < -0.39 is 0 Å². The first-order valence-electron chi connectivity index (χ1n) is 11.2.